The average Bonchev–Trinajstić information content (AvgIpc) is 2.47. The van der Waals surface area contributed by atoms with Crippen LogP contribution in [0.4, 0.5) is 0 Å². The summed E-state index contributed by atoms with van der Waals surface area (Å²) in [5, 5.41) is 9.08. The normalized spacial score (nSPS) is 10.2. The van der Waals surface area contributed by atoms with Crippen molar-refractivity contribution < 1.29 is 4.74 Å². The first-order valence-corrected chi connectivity index (χ1v) is 6.64. The molecule has 0 fully saturated rings. The van der Waals surface area contributed by atoms with Gasteiger partial charge in [-0.05, 0) is 34.1 Å². The van der Waals surface area contributed by atoms with Crippen LogP contribution in [0.15, 0.2) is 53.3 Å². The van der Waals surface area contributed by atoms with Crippen LogP contribution in [0.5, 0.6) is 11.5 Å². The average molecular weight is 326 g/mol. The molecule has 0 N–H and O–H groups in total. The van der Waals surface area contributed by atoms with Crippen molar-refractivity contribution in [3.05, 3.63) is 58.8 Å². The fourth-order valence-corrected chi connectivity index (χ4v) is 2.15. The second-order valence-electron chi connectivity index (χ2n) is 4.04. The Hall–Kier alpha value is -2.45. The van der Waals surface area contributed by atoms with Crippen molar-refractivity contribution in [2.24, 2.45) is 0 Å². The van der Waals surface area contributed by atoms with Gasteiger partial charge < -0.3 is 4.74 Å². The third-order valence-electron chi connectivity index (χ3n) is 2.73. The Morgan fingerprint density at radius 1 is 1.10 bits per heavy atom. The van der Waals surface area contributed by atoms with E-state index < -0.39 is 0 Å². The van der Waals surface area contributed by atoms with Gasteiger partial charge in [0.1, 0.15) is 17.3 Å². The van der Waals surface area contributed by atoms with E-state index in [1.807, 2.05) is 12.1 Å². The van der Waals surface area contributed by atoms with E-state index in [4.69, 9.17) is 10.00 Å². The van der Waals surface area contributed by atoms with Crippen molar-refractivity contribution in [3.8, 4) is 17.6 Å². The van der Waals surface area contributed by atoms with Gasteiger partial charge >= 0.3 is 0 Å². The van der Waals surface area contributed by atoms with E-state index in [1.165, 1.54) is 0 Å². The lowest BCUT2D eigenvalue weighted by Crippen LogP contribution is -1.92. The molecule has 0 saturated carbocycles. The minimum Gasteiger partial charge on any atom is -0.454 e. The van der Waals surface area contributed by atoms with Crippen LogP contribution < -0.4 is 4.74 Å². The van der Waals surface area contributed by atoms with Crippen LogP contribution in [0.2, 0.25) is 0 Å². The molecule has 2 aromatic heterocycles. The predicted molar refractivity (Wildman–Crippen MR) is 78.5 cm³/mol. The van der Waals surface area contributed by atoms with Gasteiger partial charge in [0.15, 0.2) is 5.75 Å². The zero-order valence-corrected chi connectivity index (χ0v) is 11.8. The Labute approximate surface area is 123 Å². The SMILES string of the molecule is N#Cc1ccccc1Oc1ccnc2cc(Br)cnc12. The number of fused-ring (bicyclic) bond motifs is 1. The van der Waals surface area contributed by atoms with Gasteiger partial charge in [-0.3, -0.25) is 4.98 Å². The molecule has 0 saturated heterocycles. The summed E-state index contributed by atoms with van der Waals surface area (Å²) in [7, 11) is 0. The van der Waals surface area contributed by atoms with Crippen molar-refractivity contribution in [2.45, 2.75) is 0 Å². The lowest BCUT2D eigenvalue weighted by molar-refractivity contribution is 0.485. The predicted octanol–water partition coefficient (Wildman–Crippen LogP) is 4.06. The van der Waals surface area contributed by atoms with Crippen LogP contribution in [-0.4, -0.2) is 9.97 Å². The summed E-state index contributed by atoms with van der Waals surface area (Å²) >= 11 is 3.36. The first kappa shape index (κ1) is 12.6. The van der Waals surface area contributed by atoms with Gasteiger partial charge in [0, 0.05) is 22.9 Å². The molecule has 0 amide bonds. The van der Waals surface area contributed by atoms with Crippen LogP contribution in [0.1, 0.15) is 5.56 Å². The van der Waals surface area contributed by atoms with Crippen molar-refractivity contribution in [1.29, 1.82) is 5.26 Å². The summed E-state index contributed by atoms with van der Waals surface area (Å²) in [6, 6.07) is 12.8. The van der Waals surface area contributed by atoms with E-state index in [2.05, 4.69) is 32.0 Å². The van der Waals surface area contributed by atoms with Crippen molar-refractivity contribution >= 4 is 27.0 Å². The van der Waals surface area contributed by atoms with E-state index in [0.717, 1.165) is 9.99 Å². The number of nitrogens with zero attached hydrogens (tertiary/aromatic N) is 3. The monoisotopic (exact) mass is 325 g/mol. The molecule has 0 bridgehead atoms. The molecule has 3 aromatic rings. The Morgan fingerprint density at radius 3 is 2.80 bits per heavy atom. The van der Waals surface area contributed by atoms with Crippen LogP contribution in [0, 0.1) is 11.3 Å². The second-order valence-corrected chi connectivity index (χ2v) is 4.96. The fourth-order valence-electron chi connectivity index (χ4n) is 1.83. The first-order chi connectivity index (χ1) is 9.78. The van der Waals surface area contributed by atoms with Gasteiger partial charge in [-0.25, -0.2) is 4.98 Å². The topological polar surface area (TPSA) is 58.8 Å². The summed E-state index contributed by atoms with van der Waals surface area (Å²) in [5.74, 6) is 1.08. The van der Waals surface area contributed by atoms with Crippen molar-refractivity contribution in [1.82, 2.24) is 9.97 Å². The molecule has 0 unspecified atom stereocenters. The zero-order chi connectivity index (χ0) is 13.9. The summed E-state index contributed by atoms with van der Waals surface area (Å²) in [5.41, 5.74) is 1.87. The number of pyridine rings is 2. The molecule has 0 atom stereocenters. The number of nitriles is 1. The quantitative estimate of drug-likeness (QED) is 0.713. The molecule has 2 heterocycles. The van der Waals surface area contributed by atoms with Crippen LogP contribution in [0.3, 0.4) is 0 Å². The number of hydrogen-bond donors (Lipinski definition) is 0. The minimum atomic E-state index is 0.481. The van der Waals surface area contributed by atoms with E-state index >= 15 is 0 Å². The number of aromatic nitrogens is 2. The lowest BCUT2D eigenvalue weighted by atomic mass is 10.2. The van der Waals surface area contributed by atoms with Gasteiger partial charge in [-0.15, -0.1) is 0 Å². The third-order valence-corrected chi connectivity index (χ3v) is 3.17. The number of ether oxygens (including phenoxy) is 1. The molecular formula is C15H8BrN3O. The molecule has 0 aliphatic carbocycles. The minimum absolute atomic E-state index is 0.481. The molecule has 0 aliphatic rings. The van der Waals surface area contributed by atoms with Crippen LogP contribution in [-0.2, 0) is 0 Å². The van der Waals surface area contributed by atoms with Crippen molar-refractivity contribution in [3.63, 3.8) is 0 Å². The smallest absolute Gasteiger partial charge is 0.156 e. The Bertz CT molecular complexity index is 827. The maximum absolute atomic E-state index is 9.08. The molecule has 3 rings (SSSR count). The highest BCUT2D eigenvalue weighted by Gasteiger charge is 2.08. The number of rotatable bonds is 2. The number of halogens is 1. The molecule has 4 nitrogen and oxygen atoms in total. The molecule has 0 radical (unpaired) electrons. The molecule has 0 aliphatic heterocycles. The molecule has 20 heavy (non-hydrogen) atoms. The lowest BCUT2D eigenvalue weighted by Gasteiger charge is -2.09. The number of para-hydroxylation sites is 1. The second kappa shape index (κ2) is 5.27. The van der Waals surface area contributed by atoms with Gasteiger partial charge in [0.05, 0.1) is 11.1 Å². The highest BCUT2D eigenvalue weighted by Crippen LogP contribution is 2.30. The summed E-state index contributed by atoms with van der Waals surface area (Å²) in [4.78, 5) is 8.56. The molecule has 5 heteroatoms. The molecular weight excluding hydrogens is 318 g/mol. The maximum Gasteiger partial charge on any atom is 0.156 e. The number of benzene rings is 1. The van der Waals surface area contributed by atoms with Crippen LogP contribution in [0.25, 0.3) is 11.0 Å². The van der Waals surface area contributed by atoms with E-state index in [0.29, 0.717) is 22.6 Å². The van der Waals surface area contributed by atoms with Gasteiger partial charge in [-0.2, -0.15) is 5.26 Å². The van der Waals surface area contributed by atoms with E-state index in [1.54, 1.807) is 36.7 Å². The first-order valence-electron chi connectivity index (χ1n) is 5.85. The maximum atomic E-state index is 9.08. The Morgan fingerprint density at radius 2 is 1.95 bits per heavy atom. The van der Waals surface area contributed by atoms with Gasteiger partial charge in [0.25, 0.3) is 0 Å². The van der Waals surface area contributed by atoms with Crippen molar-refractivity contribution in [2.75, 3.05) is 0 Å². The Kier molecular flexibility index (Phi) is 3.32. The molecule has 0 spiro atoms. The van der Waals surface area contributed by atoms with E-state index in [-0.39, 0.29) is 0 Å². The highest BCUT2D eigenvalue weighted by molar-refractivity contribution is 9.10. The highest BCUT2D eigenvalue weighted by atomic mass is 79.9. The fraction of sp³-hybridized carbons (Fsp3) is 0. The van der Waals surface area contributed by atoms with E-state index in [9.17, 15) is 0 Å². The Balaban J connectivity index is 2.10. The van der Waals surface area contributed by atoms with Gasteiger partial charge in [0.2, 0.25) is 0 Å². The standard InChI is InChI=1S/C15H8BrN3O/c16-11-7-12-15(19-9-11)14(5-6-18-12)20-13-4-2-1-3-10(13)8-17/h1-7,9H. The summed E-state index contributed by atoms with van der Waals surface area (Å²) < 4.78 is 6.67. The van der Waals surface area contributed by atoms with Gasteiger partial charge in [-0.1, -0.05) is 12.1 Å². The number of hydrogen-bond acceptors (Lipinski definition) is 4. The summed E-state index contributed by atoms with van der Waals surface area (Å²) in [6.07, 6.45) is 3.34. The molecule has 96 valence electrons. The molecule has 1 aromatic carbocycles. The summed E-state index contributed by atoms with van der Waals surface area (Å²) in [6.45, 7) is 0. The zero-order valence-electron chi connectivity index (χ0n) is 10.2. The largest absolute Gasteiger partial charge is 0.454 e. The van der Waals surface area contributed by atoms with Crippen LogP contribution >= 0.6 is 15.9 Å². The third kappa shape index (κ3) is 2.33.